The quantitative estimate of drug-likeness (QED) is 0.765. The Kier molecular flexibility index (Phi) is 4.14. The van der Waals surface area contributed by atoms with Crippen LogP contribution >= 0.6 is 15.9 Å². The van der Waals surface area contributed by atoms with E-state index in [1.165, 1.54) is 0 Å². The molecule has 0 aromatic carbocycles. The lowest BCUT2D eigenvalue weighted by molar-refractivity contribution is -0.118. The largest absolute Gasteiger partial charge is 0.475 e. The first-order valence-electron chi connectivity index (χ1n) is 4.43. The molecule has 0 saturated heterocycles. The highest BCUT2D eigenvalue weighted by atomic mass is 79.9. The number of primary amides is 1. The summed E-state index contributed by atoms with van der Waals surface area (Å²) in [6.45, 7) is -0.525. The van der Waals surface area contributed by atoms with Gasteiger partial charge >= 0.3 is 5.97 Å². The minimum Gasteiger partial charge on any atom is -0.475 e. The number of carbonyl (C=O) groups is 2. The first-order valence-corrected chi connectivity index (χ1v) is 6.67. The molecule has 0 atom stereocenters. The molecule has 0 spiro atoms. The van der Waals surface area contributed by atoms with Gasteiger partial charge < -0.3 is 15.3 Å². The van der Waals surface area contributed by atoms with E-state index in [4.69, 9.17) is 15.3 Å². The molecule has 3 N–H and O–H groups in total. The summed E-state index contributed by atoms with van der Waals surface area (Å²) in [7, 11) is -2.91. The number of hydrogen-bond acceptors (Lipinski definition) is 5. The second-order valence-electron chi connectivity index (χ2n) is 3.28. The zero-order chi connectivity index (χ0) is 14.1. The maximum Gasteiger partial charge on any atom is 0.371 e. The van der Waals surface area contributed by atoms with E-state index in [9.17, 15) is 18.0 Å². The fourth-order valence-electron chi connectivity index (χ4n) is 1.11. The third kappa shape index (κ3) is 2.89. The number of carboxylic acid groups (broad SMARTS) is 1. The van der Waals surface area contributed by atoms with Crippen molar-refractivity contribution in [2.75, 3.05) is 13.6 Å². The first kappa shape index (κ1) is 14.7. The highest BCUT2D eigenvalue weighted by Crippen LogP contribution is 2.28. The Morgan fingerprint density at radius 1 is 1.56 bits per heavy atom. The van der Waals surface area contributed by atoms with Crippen molar-refractivity contribution in [1.82, 2.24) is 4.31 Å². The third-order valence-corrected chi connectivity index (χ3v) is 4.59. The predicted octanol–water partition coefficient (Wildman–Crippen LogP) is -0.154. The molecular weight excluding hydrogens is 332 g/mol. The molecule has 0 saturated carbocycles. The van der Waals surface area contributed by atoms with Crippen LogP contribution in [0.5, 0.6) is 0 Å². The molecule has 0 aliphatic heterocycles. The number of nitrogens with zero attached hydrogens (tertiary/aromatic N) is 1. The van der Waals surface area contributed by atoms with E-state index in [1.54, 1.807) is 0 Å². The number of rotatable bonds is 5. The van der Waals surface area contributed by atoms with Crippen LogP contribution in [0.3, 0.4) is 0 Å². The molecule has 0 aliphatic carbocycles. The van der Waals surface area contributed by atoms with E-state index in [-0.39, 0.29) is 9.56 Å². The van der Waals surface area contributed by atoms with Gasteiger partial charge in [-0.3, -0.25) is 4.79 Å². The summed E-state index contributed by atoms with van der Waals surface area (Å²) < 4.78 is 29.1. The first-order chi connectivity index (χ1) is 8.16. The highest BCUT2D eigenvalue weighted by Gasteiger charge is 2.29. The van der Waals surface area contributed by atoms with E-state index >= 15 is 0 Å². The highest BCUT2D eigenvalue weighted by molar-refractivity contribution is 9.10. The minimum atomic E-state index is -4.05. The number of nitrogens with two attached hydrogens (primary N) is 1. The van der Waals surface area contributed by atoms with Crippen LogP contribution in [0.1, 0.15) is 10.6 Å². The zero-order valence-corrected chi connectivity index (χ0v) is 11.5. The number of aromatic carboxylic acids is 1. The Hall–Kier alpha value is -1.39. The number of amides is 1. The topological polar surface area (TPSA) is 131 Å². The molecule has 0 bridgehead atoms. The normalized spacial score (nSPS) is 11.7. The number of carboxylic acids is 1. The summed E-state index contributed by atoms with van der Waals surface area (Å²) in [5.41, 5.74) is 4.89. The molecular formula is C8H9BrN2O6S. The molecule has 100 valence electrons. The van der Waals surface area contributed by atoms with Crippen molar-refractivity contribution >= 4 is 37.8 Å². The number of carbonyl (C=O) groups excluding carboxylic acids is 1. The number of sulfonamides is 1. The lowest BCUT2D eigenvalue weighted by atomic mass is 10.5. The molecule has 1 amide bonds. The summed E-state index contributed by atoms with van der Waals surface area (Å²) >= 11 is 2.80. The second-order valence-corrected chi connectivity index (χ2v) is 6.01. The third-order valence-electron chi connectivity index (χ3n) is 1.93. The van der Waals surface area contributed by atoms with Gasteiger partial charge in [-0.05, 0) is 15.9 Å². The summed E-state index contributed by atoms with van der Waals surface area (Å²) in [4.78, 5) is 20.9. The monoisotopic (exact) mass is 340 g/mol. The average molecular weight is 341 g/mol. The van der Waals surface area contributed by atoms with Gasteiger partial charge in [-0.1, -0.05) is 0 Å². The van der Waals surface area contributed by atoms with Crippen LogP contribution in [-0.2, 0) is 14.8 Å². The maximum atomic E-state index is 12.0. The molecule has 1 heterocycles. The fraction of sp³-hybridized carbons (Fsp3) is 0.250. The Labute approximate surface area is 111 Å². The summed E-state index contributed by atoms with van der Waals surface area (Å²) in [6.07, 6.45) is 0. The van der Waals surface area contributed by atoms with Crippen molar-refractivity contribution in [1.29, 1.82) is 0 Å². The summed E-state index contributed by atoms with van der Waals surface area (Å²) in [6, 6.07) is 0.846. The van der Waals surface area contributed by atoms with Crippen molar-refractivity contribution in [3.63, 3.8) is 0 Å². The van der Waals surface area contributed by atoms with Gasteiger partial charge in [-0.2, -0.15) is 4.31 Å². The second kappa shape index (κ2) is 5.08. The maximum absolute atomic E-state index is 12.0. The average Bonchev–Trinajstić information content (AvgIpc) is 2.59. The van der Waals surface area contributed by atoms with Crippen LogP contribution in [0.15, 0.2) is 20.0 Å². The van der Waals surface area contributed by atoms with Crippen LogP contribution in [0.4, 0.5) is 0 Å². The number of halogens is 1. The van der Waals surface area contributed by atoms with Gasteiger partial charge in [0.05, 0.1) is 6.54 Å². The van der Waals surface area contributed by atoms with E-state index in [2.05, 4.69) is 15.9 Å². The van der Waals surface area contributed by atoms with Crippen molar-refractivity contribution < 1.29 is 27.5 Å². The number of furan rings is 1. The summed E-state index contributed by atoms with van der Waals surface area (Å²) in [5.74, 6) is -2.78. The van der Waals surface area contributed by atoms with E-state index in [0.29, 0.717) is 4.31 Å². The van der Waals surface area contributed by atoms with Crippen LogP contribution in [0.25, 0.3) is 0 Å². The van der Waals surface area contributed by atoms with Crippen LogP contribution in [-0.4, -0.2) is 43.3 Å². The molecule has 0 aliphatic rings. The van der Waals surface area contributed by atoms with Crippen molar-refractivity contribution in [3.8, 4) is 0 Å². The molecule has 0 fully saturated rings. The molecule has 1 rings (SSSR count). The molecule has 1 aromatic rings. The van der Waals surface area contributed by atoms with Gasteiger partial charge in [0.2, 0.25) is 21.7 Å². The Morgan fingerprint density at radius 3 is 2.50 bits per heavy atom. The van der Waals surface area contributed by atoms with E-state index in [0.717, 1.165) is 13.1 Å². The van der Waals surface area contributed by atoms with Gasteiger partial charge in [0.25, 0.3) is 0 Å². The Balaban J connectivity index is 3.20. The van der Waals surface area contributed by atoms with Crippen LogP contribution in [0, 0.1) is 0 Å². The van der Waals surface area contributed by atoms with Gasteiger partial charge in [0, 0.05) is 13.1 Å². The van der Waals surface area contributed by atoms with Crippen LogP contribution < -0.4 is 5.73 Å². The summed E-state index contributed by atoms with van der Waals surface area (Å²) in [5, 5.41) is 8.68. The number of hydrogen-bond donors (Lipinski definition) is 2. The lowest BCUT2D eigenvalue weighted by Crippen LogP contribution is -2.35. The SMILES string of the molecule is CN(CC(N)=O)S(=O)(=O)c1cc(C(=O)O)oc1Br. The van der Waals surface area contributed by atoms with Gasteiger partial charge in [0.15, 0.2) is 4.67 Å². The Morgan fingerprint density at radius 2 is 2.11 bits per heavy atom. The molecule has 0 radical (unpaired) electrons. The molecule has 8 nitrogen and oxygen atoms in total. The molecule has 10 heteroatoms. The van der Waals surface area contributed by atoms with Crippen molar-refractivity contribution in [2.24, 2.45) is 5.73 Å². The van der Waals surface area contributed by atoms with Crippen molar-refractivity contribution in [2.45, 2.75) is 4.90 Å². The predicted molar refractivity (Wildman–Crippen MR) is 62.4 cm³/mol. The Bertz CT molecular complexity index is 593. The fourth-order valence-corrected chi connectivity index (χ4v) is 3.14. The van der Waals surface area contributed by atoms with Crippen molar-refractivity contribution in [3.05, 3.63) is 16.5 Å². The zero-order valence-electron chi connectivity index (χ0n) is 9.08. The van der Waals surface area contributed by atoms with Gasteiger partial charge in [-0.25, -0.2) is 13.2 Å². The van der Waals surface area contributed by atoms with E-state index in [1.807, 2.05) is 0 Å². The number of likely N-dealkylation sites (N-methyl/N-ethyl adjacent to an activating group) is 1. The standard InChI is InChI=1S/C8H9BrN2O6S/c1-11(3-6(10)12)18(15,16)5-2-4(8(13)14)17-7(5)9/h2H,3H2,1H3,(H2,10,12)(H,13,14). The molecule has 1 aromatic heterocycles. The van der Waals surface area contributed by atoms with Gasteiger partial charge in [-0.15, -0.1) is 0 Å². The molecule has 18 heavy (non-hydrogen) atoms. The minimum absolute atomic E-state index is 0.253. The van der Waals surface area contributed by atoms with Gasteiger partial charge in [0.1, 0.15) is 4.90 Å². The van der Waals surface area contributed by atoms with Crippen LogP contribution in [0.2, 0.25) is 0 Å². The lowest BCUT2D eigenvalue weighted by Gasteiger charge is -2.13. The van der Waals surface area contributed by atoms with E-state index < -0.39 is 34.2 Å². The molecule has 0 unspecified atom stereocenters. The smallest absolute Gasteiger partial charge is 0.371 e.